The largest absolute Gasteiger partial charge is 0.417 e. The molecule has 1 aromatic rings. The van der Waals surface area contributed by atoms with E-state index >= 15 is 0 Å². The molecule has 0 spiro atoms. The third kappa shape index (κ3) is 4.90. The molecule has 3 aliphatic heterocycles. The second kappa shape index (κ2) is 10.2. The number of hydrogen-bond acceptors (Lipinski definition) is 5. The summed E-state index contributed by atoms with van der Waals surface area (Å²) in [6.07, 6.45) is 3.11. The molecule has 1 saturated carbocycles. The molecular weight excluding hydrogens is 473 g/mol. The van der Waals surface area contributed by atoms with E-state index in [1.54, 1.807) is 12.0 Å². The lowest BCUT2D eigenvalue weighted by molar-refractivity contribution is -0.145. The van der Waals surface area contributed by atoms with Gasteiger partial charge in [0, 0.05) is 45.1 Å². The number of rotatable bonds is 6. The molecule has 1 aromatic heterocycles. The van der Waals surface area contributed by atoms with Crippen LogP contribution in [0.4, 0.5) is 13.2 Å². The van der Waals surface area contributed by atoms with Crippen LogP contribution >= 0.6 is 0 Å². The SMILES string of the molecule is CCCC1C[C@@]2(C(=O)N3CCc4ncc(C(F)(F)F)cc4C3)C[C@H](CC3CCOCC3OC)C[C@H]2O1. The molecule has 2 saturated heterocycles. The van der Waals surface area contributed by atoms with Crippen LogP contribution in [0.25, 0.3) is 0 Å². The topological polar surface area (TPSA) is 60.9 Å². The highest BCUT2D eigenvalue weighted by molar-refractivity contribution is 5.84. The minimum Gasteiger partial charge on any atom is -0.379 e. The van der Waals surface area contributed by atoms with Gasteiger partial charge in [0.05, 0.1) is 35.9 Å². The van der Waals surface area contributed by atoms with Crippen molar-refractivity contribution in [2.75, 3.05) is 26.9 Å². The van der Waals surface area contributed by atoms with Gasteiger partial charge in [0.25, 0.3) is 0 Å². The third-order valence-electron chi connectivity index (χ3n) is 8.84. The van der Waals surface area contributed by atoms with Crippen molar-refractivity contribution in [3.05, 3.63) is 29.1 Å². The number of fused-ring (bicyclic) bond motifs is 2. The van der Waals surface area contributed by atoms with Gasteiger partial charge in [-0.2, -0.15) is 13.2 Å². The van der Waals surface area contributed by atoms with Crippen LogP contribution in [0.5, 0.6) is 0 Å². The molecule has 4 heterocycles. The average molecular weight is 511 g/mol. The summed E-state index contributed by atoms with van der Waals surface area (Å²) in [5.41, 5.74) is -0.197. The summed E-state index contributed by atoms with van der Waals surface area (Å²) in [6.45, 7) is 4.12. The van der Waals surface area contributed by atoms with Crippen LogP contribution in [0.1, 0.15) is 68.7 Å². The Hall–Kier alpha value is -1.71. The van der Waals surface area contributed by atoms with Gasteiger partial charge in [-0.15, -0.1) is 0 Å². The monoisotopic (exact) mass is 510 g/mol. The van der Waals surface area contributed by atoms with E-state index in [2.05, 4.69) is 11.9 Å². The van der Waals surface area contributed by atoms with Gasteiger partial charge in [-0.25, -0.2) is 0 Å². The molecule has 6 atom stereocenters. The molecule has 1 aliphatic carbocycles. The van der Waals surface area contributed by atoms with E-state index < -0.39 is 17.2 Å². The molecule has 0 N–H and O–H groups in total. The number of halogens is 3. The van der Waals surface area contributed by atoms with Crippen molar-refractivity contribution in [1.29, 1.82) is 0 Å². The lowest BCUT2D eigenvalue weighted by atomic mass is 9.77. The van der Waals surface area contributed by atoms with Gasteiger partial charge >= 0.3 is 6.18 Å². The number of carbonyl (C=O) groups is 1. The van der Waals surface area contributed by atoms with E-state index in [1.165, 1.54) is 0 Å². The minimum absolute atomic E-state index is 0.0481. The Morgan fingerprint density at radius 3 is 2.92 bits per heavy atom. The Kier molecular flexibility index (Phi) is 7.36. The van der Waals surface area contributed by atoms with Crippen molar-refractivity contribution >= 4 is 5.91 Å². The van der Waals surface area contributed by atoms with E-state index in [-0.39, 0.29) is 30.8 Å². The number of nitrogens with zero attached hydrogens (tertiary/aromatic N) is 2. The molecular formula is C27H37F3N2O4. The first-order valence-corrected chi connectivity index (χ1v) is 13.3. The summed E-state index contributed by atoms with van der Waals surface area (Å²) in [6, 6.07) is 1.16. The van der Waals surface area contributed by atoms with E-state index in [9.17, 15) is 18.0 Å². The van der Waals surface area contributed by atoms with Gasteiger partial charge in [0.15, 0.2) is 0 Å². The lowest BCUT2D eigenvalue weighted by Crippen LogP contribution is -2.48. The van der Waals surface area contributed by atoms with Crippen LogP contribution in [0.2, 0.25) is 0 Å². The van der Waals surface area contributed by atoms with E-state index in [0.29, 0.717) is 49.1 Å². The Morgan fingerprint density at radius 1 is 1.33 bits per heavy atom. The highest BCUT2D eigenvalue weighted by Crippen LogP contribution is 2.56. The number of pyridine rings is 1. The summed E-state index contributed by atoms with van der Waals surface area (Å²) in [5, 5.41) is 0. The summed E-state index contributed by atoms with van der Waals surface area (Å²) in [7, 11) is 1.73. The first kappa shape index (κ1) is 25.9. The quantitative estimate of drug-likeness (QED) is 0.551. The fourth-order valence-electron chi connectivity index (χ4n) is 7.11. The van der Waals surface area contributed by atoms with Gasteiger partial charge in [-0.05, 0) is 62.0 Å². The van der Waals surface area contributed by atoms with Crippen molar-refractivity contribution in [1.82, 2.24) is 9.88 Å². The van der Waals surface area contributed by atoms with Crippen molar-refractivity contribution in [2.24, 2.45) is 17.3 Å². The van der Waals surface area contributed by atoms with E-state index in [0.717, 1.165) is 57.4 Å². The molecule has 9 heteroatoms. The predicted octanol–water partition coefficient (Wildman–Crippen LogP) is 4.78. The van der Waals surface area contributed by atoms with Crippen LogP contribution in [0.15, 0.2) is 12.3 Å². The number of aromatic nitrogens is 1. The molecule has 6 nitrogen and oxygen atoms in total. The third-order valence-corrected chi connectivity index (χ3v) is 8.84. The Labute approximate surface area is 210 Å². The zero-order valence-corrected chi connectivity index (χ0v) is 21.2. The summed E-state index contributed by atoms with van der Waals surface area (Å²) in [4.78, 5) is 20.0. The van der Waals surface area contributed by atoms with Gasteiger partial charge < -0.3 is 19.1 Å². The molecule has 0 radical (unpaired) electrons. The normalized spacial score (nSPS) is 34.5. The minimum atomic E-state index is -4.45. The molecule has 4 aliphatic rings. The lowest BCUT2D eigenvalue weighted by Gasteiger charge is -2.37. The molecule has 5 rings (SSSR count). The van der Waals surface area contributed by atoms with Crippen LogP contribution in [0, 0.1) is 17.3 Å². The fourth-order valence-corrected chi connectivity index (χ4v) is 7.11. The molecule has 0 bridgehead atoms. The smallest absolute Gasteiger partial charge is 0.379 e. The predicted molar refractivity (Wildman–Crippen MR) is 126 cm³/mol. The van der Waals surface area contributed by atoms with Crippen molar-refractivity contribution in [3.8, 4) is 0 Å². The number of amides is 1. The number of hydrogen-bond donors (Lipinski definition) is 0. The van der Waals surface area contributed by atoms with Crippen molar-refractivity contribution in [3.63, 3.8) is 0 Å². The standard InChI is InChI=1S/C27H37F3N2O4/c1-3-4-21-13-26(12-17(10-24(26)36-21)9-18-6-8-35-16-23(18)34-2)25(33)32-7-5-22-19(15-32)11-20(14-31-22)27(28,29)30/h11,14,17-18,21,23-24H,3-10,12-13,15-16H2,1-2H3/t17-,18?,21?,23?,24-,26+/m1/s1. The maximum atomic E-state index is 14.2. The van der Waals surface area contributed by atoms with Gasteiger partial charge in [0.2, 0.25) is 5.91 Å². The number of methoxy groups -OCH3 is 1. The average Bonchev–Trinajstić information content (AvgIpc) is 3.37. The molecule has 200 valence electrons. The maximum absolute atomic E-state index is 14.2. The van der Waals surface area contributed by atoms with E-state index in [1.807, 2.05) is 0 Å². The molecule has 36 heavy (non-hydrogen) atoms. The van der Waals surface area contributed by atoms with Crippen LogP contribution in [-0.4, -0.2) is 61.0 Å². The Morgan fingerprint density at radius 2 is 2.17 bits per heavy atom. The Balaban J connectivity index is 1.35. The maximum Gasteiger partial charge on any atom is 0.417 e. The summed E-state index contributed by atoms with van der Waals surface area (Å²) < 4.78 is 57.6. The molecule has 3 fully saturated rings. The zero-order chi connectivity index (χ0) is 25.5. The summed E-state index contributed by atoms with van der Waals surface area (Å²) >= 11 is 0. The van der Waals surface area contributed by atoms with Gasteiger partial charge in [-0.3, -0.25) is 9.78 Å². The highest BCUT2D eigenvalue weighted by atomic mass is 19.4. The Bertz CT molecular complexity index is 957. The van der Waals surface area contributed by atoms with Crippen molar-refractivity contribution in [2.45, 2.75) is 89.3 Å². The highest BCUT2D eigenvalue weighted by Gasteiger charge is 2.60. The second-order valence-corrected chi connectivity index (χ2v) is 11.1. The van der Waals surface area contributed by atoms with Crippen LogP contribution in [-0.2, 0) is 38.1 Å². The fraction of sp³-hybridized carbons (Fsp3) is 0.778. The number of ether oxygens (including phenoxy) is 3. The van der Waals surface area contributed by atoms with Gasteiger partial charge in [-0.1, -0.05) is 13.3 Å². The van der Waals surface area contributed by atoms with Gasteiger partial charge in [0.1, 0.15) is 0 Å². The number of carbonyl (C=O) groups excluding carboxylic acids is 1. The van der Waals surface area contributed by atoms with Crippen LogP contribution < -0.4 is 0 Å². The zero-order valence-electron chi connectivity index (χ0n) is 21.2. The summed E-state index contributed by atoms with van der Waals surface area (Å²) in [5.74, 6) is 0.810. The molecule has 0 aromatic carbocycles. The first-order valence-electron chi connectivity index (χ1n) is 13.3. The molecule has 1 amide bonds. The van der Waals surface area contributed by atoms with Crippen molar-refractivity contribution < 1.29 is 32.2 Å². The molecule has 3 unspecified atom stereocenters. The number of alkyl halides is 3. The second-order valence-electron chi connectivity index (χ2n) is 11.1. The first-order chi connectivity index (χ1) is 17.2. The van der Waals surface area contributed by atoms with Crippen LogP contribution in [0.3, 0.4) is 0 Å². The van der Waals surface area contributed by atoms with E-state index in [4.69, 9.17) is 14.2 Å².